The third-order valence-electron chi connectivity index (χ3n) is 2.83. The van der Waals surface area contributed by atoms with Gasteiger partial charge in [-0.2, -0.15) is 0 Å². The molecule has 21 heavy (non-hydrogen) atoms. The van der Waals surface area contributed by atoms with Crippen LogP contribution in [0.1, 0.15) is 5.56 Å². The monoisotopic (exact) mass is 371 g/mol. The molecule has 2 N–H and O–H groups in total. The predicted octanol–water partition coefficient (Wildman–Crippen LogP) is 3.27. The van der Waals surface area contributed by atoms with E-state index in [4.69, 9.17) is 4.74 Å². The van der Waals surface area contributed by atoms with Crippen LogP contribution in [-0.2, 0) is 10.0 Å². The lowest BCUT2D eigenvalue weighted by atomic mass is 10.2. The Morgan fingerprint density at radius 1 is 1.24 bits per heavy atom. The average molecular weight is 372 g/mol. The fourth-order valence-corrected chi connectivity index (χ4v) is 3.51. The van der Waals surface area contributed by atoms with E-state index in [0.29, 0.717) is 4.47 Å². The van der Waals surface area contributed by atoms with Gasteiger partial charge in [0.15, 0.2) is 0 Å². The Kier molecular flexibility index (Phi) is 4.43. The summed E-state index contributed by atoms with van der Waals surface area (Å²) in [6.07, 6.45) is 0. The number of hydrogen-bond acceptors (Lipinski definition) is 4. The number of benzene rings is 2. The summed E-state index contributed by atoms with van der Waals surface area (Å²) < 4.78 is 33.1. The van der Waals surface area contributed by atoms with Gasteiger partial charge in [-0.1, -0.05) is 22.0 Å². The molecular weight excluding hydrogens is 358 g/mol. The molecule has 0 aromatic heterocycles. The molecule has 0 aliphatic rings. The van der Waals surface area contributed by atoms with Gasteiger partial charge in [0.1, 0.15) is 16.4 Å². The molecule has 2 rings (SSSR count). The van der Waals surface area contributed by atoms with Crippen molar-refractivity contribution >= 4 is 31.6 Å². The Labute approximate surface area is 131 Å². The summed E-state index contributed by atoms with van der Waals surface area (Å²) in [7, 11) is -2.42. The Morgan fingerprint density at radius 2 is 1.95 bits per heavy atom. The second-order valence-corrected chi connectivity index (χ2v) is 6.91. The first-order valence-electron chi connectivity index (χ1n) is 5.99. The number of methoxy groups -OCH3 is 1. The molecule has 0 atom stereocenters. The zero-order chi connectivity index (χ0) is 15.6. The first-order valence-corrected chi connectivity index (χ1v) is 8.27. The van der Waals surface area contributed by atoms with E-state index < -0.39 is 10.0 Å². The van der Waals surface area contributed by atoms with E-state index in [-0.39, 0.29) is 22.1 Å². The molecule has 0 radical (unpaired) electrons. The highest BCUT2D eigenvalue weighted by Crippen LogP contribution is 2.31. The molecule has 0 saturated carbocycles. The van der Waals surface area contributed by atoms with Gasteiger partial charge in [-0.25, -0.2) is 8.42 Å². The number of hydrogen-bond donors (Lipinski definition) is 2. The quantitative estimate of drug-likeness (QED) is 0.864. The number of ether oxygens (including phenoxy) is 1. The number of aryl methyl sites for hydroxylation is 1. The van der Waals surface area contributed by atoms with Crippen molar-refractivity contribution in [3.63, 3.8) is 0 Å². The number of sulfonamides is 1. The number of halogens is 1. The van der Waals surface area contributed by atoms with E-state index in [1.165, 1.54) is 25.3 Å². The summed E-state index contributed by atoms with van der Waals surface area (Å²) in [5.74, 6) is 0.232. The van der Waals surface area contributed by atoms with Crippen LogP contribution in [0.4, 0.5) is 5.69 Å². The topological polar surface area (TPSA) is 75.6 Å². The van der Waals surface area contributed by atoms with E-state index in [9.17, 15) is 13.5 Å². The molecule has 0 bridgehead atoms. The van der Waals surface area contributed by atoms with Crippen LogP contribution in [0.25, 0.3) is 0 Å². The van der Waals surface area contributed by atoms with E-state index in [2.05, 4.69) is 20.7 Å². The van der Waals surface area contributed by atoms with Crippen molar-refractivity contribution < 1.29 is 18.3 Å². The maximum Gasteiger partial charge on any atom is 0.265 e. The van der Waals surface area contributed by atoms with E-state index in [1.54, 1.807) is 18.2 Å². The smallest absolute Gasteiger partial charge is 0.265 e. The van der Waals surface area contributed by atoms with Gasteiger partial charge in [0.05, 0.1) is 12.8 Å². The molecule has 0 fully saturated rings. The number of rotatable bonds is 4. The summed E-state index contributed by atoms with van der Waals surface area (Å²) in [6, 6.07) is 9.01. The minimum Gasteiger partial charge on any atom is -0.508 e. The molecule has 5 nitrogen and oxygen atoms in total. The SMILES string of the molecule is COc1cc(C)c(Br)cc1S(=O)(=O)Nc1cccc(O)c1. The van der Waals surface area contributed by atoms with Crippen molar-refractivity contribution in [2.75, 3.05) is 11.8 Å². The lowest BCUT2D eigenvalue weighted by molar-refractivity contribution is 0.402. The number of phenolic OH excluding ortho intramolecular Hbond substituents is 1. The molecule has 2 aromatic carbocycles. The van der Waals surface area contributed by atoms with Gasteiger partial charge in [-0.3, -0.25) is 4.72 Å². The predicted molar refractivity (Wildman–Crippen MR) is 84.3 cm³/mol. The molecule has 0 spiro atoms. The largest absolute Gasteiger partial charge is 0.508 e. The Balaban J connectivity index is 2.47. The molecule has 0 heterocycles. The summed E-state index contributed by atoms with van der Waals surface area (Å²) in [5.41, 5.74) is 1.14. The van der Waals surface area contributed by atoms with Crippen LogP contribution in [0.15, 0.2) is 45.8 Å². The van der Waals surface area contributed by atoms with Crippen LogP contribution in [0.3, 0.4) is 0 Å². The Morgan fingerprint density at radius 3 is 2.57 bits per heavy atom. The maximum absolute atomic E-state index is 12.5. The lowest BCUT2D eigenvalue weighted by Gasteiger charge is -2.13. The molecule has 0 aliphatic carbocycles. The van der Waals surface area contributed by atoms with Crippen LogP contribution >= 0.6 is 15.9 Å². The minimum absolute atomic E-state index is 0.0193. The standard InChI is InChI=1S/C14H14BrNO4S/c1-9-6-13(20-2)14(8-12(9)15)21(18,19)16-10-4-3-5-11(17)7-10/h3-8,16-17H,1-2H3. The van der Waals surface area contributed by atoms with Crippen molar-refractivity contribution in [3.05, 3.63) is 46.4 Å². The number of nitrogens with one attached hydrogen (secondary N) is 1. The molecule has 0 aliphatic heterocycles. The van der Waals surface area contributed by atoms with Crippen LogP contribution in [0.5, 0.6) is 11.5 Å². The van der Waals surface area contributed by atoms with Crippen molar-refractivity contribution in [1.29, 1.82) is 0 Å². The van der Waals surface area contributed by atoms with Gasteiger partial charge in [0.25, 0.3) is 10.0 Å². The average Bonchev–Trinajstić information content (AvgIpc) is 2.40. The molecule has 0 amide bonds. The Bertz CT molecular complexity index is 775. The van der Waals surface area contributed by atoms with E-state index in [0.717, 1.165) is 5.56 Å². The van der Waals surface area contributed by atoms with Gasteiger partial charge < -0.3 is 9.84 Å². The van der Waals surface area contributed by atoms with Gasteiger partial charge in [-0.15, -0.1) is 0 Å². The molecule has 0 unspecified atom stereocenters. The van der Waals surface area contributed by atoms with Gasteiger partial charge in [-0.05, 0) is 36.8 Å². The van der Waals surface area contributed by atoms with Gasteiger partial charge in [0.2, 0.25) is 0 Å². The lowest BCUT2D eigenvalue weighted by Crippen LogP contribution is -2.14. The van der Waals surface area contributed by atoms with Crippen molar-refractivity contribution in [1.82, 2.24) is 0 Å². The summed E-state index contributed by atoms with van der Waals surface area (Å²) >= 11 is 3.31. The molecule has 7 heteroatoms. The summed E-state index contributed by atoms with van der Waals surface area (Å²) in [6.45, 7) is 1.84. The second kappa shape index (κ2) is 5.95. The normalized spacial score (nSPS) is 11.2. The first-order chi connectivity index (χ1) is 9.83. The fourth-order valence-electron chi connectivity index (χ4n) is 1.79. The van der Waals surface area contributed by atoms with Crippen LogP contribution in [0.2, 0.25) is 0 Å². The highest BCUT2D eigenvalue weighted by molar-refractivity contribution is 9.10. The maximum atomic E-state index is 12.5. The van der Waals surface area contributed by atoms with Crippen molar-refractivity contribution in [2.24, 2.45) is 0 Å². The molecule has 112 valence electrons. The zero-order valence-corrected chi connectivity index (χ0v) is 13.8. The highest BCUT2D eigenvalue weighted by atomic mass is 79.9. The van der Waals surface area contributed by atoms with Crippen LogP contribution < -0.4 is 9.46 Å². The first kappa shape index (κ1) is 15.7. The molecule has 0 saturated heterocycles. The third-order valence-corrected chi connectivity index (χ3v) is 5.09. The van der Waals surface area contributed by atoms with Gasteiger partial charge in [0, 0.05) is 10.5 Å². The number of phenols is 1. The zero-order valence-electron chi connectivity index (χ0n) is 11.4. The van der Waals surface area contributed by atoms with E-state index >= 15 is 0 Å². The minimum atomic E-state index is -3.83. The number of aromatic hydroxyl groups is 1. The van der Waals surface area contributed by atoms with E-state index in [1.807, 2.05) is 6.92 Å². The van der Waals surface area contributed by atoms with Crippen LogP contribution in [0, 0.1) is 6.92 Å². The molecule has 2 aromatic rings. The third kappa shape index (κ3) is 3.48. The Hall–Kier alpha value is -1.73. The fraction of sp³-hybridized carbons (Fsp3) is 0.143. The number of anilines is 1. The molecular formula is C14H14BrNO4S. The van der Waals surface area contributed by atoms with Crippen LogP contribution in [-0.4, -0.2) is 20.6 Å². The summed E-state index contributed by atoms with van der Waals surface area (Å²) in [4.78, 5) is 0.0193. The van der Waals surface area contributed by atoms with Crippen molar-refractivity contribution in [3.8, 4) is 11.5 Å². The second-order valence-electron chi connectivity index (χ2n) is 4.41. The highest BCUT2D eigenvalue weighted by Gasteiger charge is 2.21. The van der Waals surface area contributed by atoms with Crippen molar-refractivity contribution in [2.45, 2.75) is 11.8 Å². The summed E-state index contributed by atoms with van der Waals surface area (Å²) in [5, 5.41) is 9.39. The van der Waals surface area contributed by atoms with Gasteiger partial charge >= 0.3 is 0 Å².